The van der Waals surface area contributed by atoms with Crippen LogP contribution in [0.3, 0.4) is 0 Å². The second-order valence-electron chi connectivity index (χ2n) is 5.75. The molecule has 0 aliphatic heterocycles. The van der Waals surface area contributed by atoms with E-state index >= 15 is 0 Å². The molecule has 8 nitrogen and oxygen atoms in total. The first-order valence-electron chi connectivity index (χ1n) is 7.83. The lowest BCUT2D eigenvalue weighted by molar-refractivity contribution is 0.0947. The van der Waals surface area contributed by atoms with Crippen LogP contribution in [0, 0.1) is 0 Å². The van der Waals surface area contributed by atoms with Crippen molar-refractivity contribution in [2.75, 3.05) is 5.73 Å². The van der Waals surface area contributed by atoms with Gasteiger partial charge in [0.05, 0.1) is 12.2 Å². The Morgan fingerprint density at radius 3 is 2.62 bits per heavy atom. The van der Waals surface area contributed by atoms with Crippen LogP contribution in [-0.4, -0.2) is 20.0 Å². The minimum Gasteiger partial charge on any atom is -0.405 e. The summed E-state index contributed by atoms with van der Waals surface area (Å²) in [6.07, 6.45) is 1.28. The molecule has 0 saturated heterocycles. The number of H-pyrrole nitrogens is 1. The molecule has 2 aromatic heterocycles. The van der Waals surface area contributed by atoms with Crippen LogP contribution < -0.4 is 17.2 Å². The molecule has 0 fully saturated rings. The maximum Gasteiger partial charge on any atom is 0.427 e. The van der Waals surface area contributed by atoms with Gasteiger partial charge in [-0.2, -0.15) is 0 Å². The third kappa shape index (κ3) is 2.44. The van der Waals surface area contributed by atoms with Crippen LogP contribution in [0.1, 0.15) is 16.1 Å². The van der Waals surface area contributed by atoms with Crippen LogP contribution in [-0.2, 0) is 6.54 Å². The highest BCUT2D eigenvalue weighted by molar-refractivity contribution is 6.01. The Kier molecular flexibility index (Phi) is 3.58. The number of anilines is 1. The molecular weight excluding hydrogens is 336 g/mol. The van der Waals surface area contributed by atoms with Crippen molar-refractivity contribution >= 4 is 22.7 Å². The summed E-state index contributed by atoms with van der Waals surface area (Å²) in [7, 11) is 0. The molecule has 4 rings (SSSR count). The van der Waals surface area contributed by atoms with Gasteiger partial charge in [0.25, 0.3) is 5.91 Å². The number of carbonyl (C=O) groups excluding carboxylic acids is 1. The fraction of sp³-hybridized carbons (Fsp3) is 0.0556. The number of carbonyl (C=O) groups is 1. The summed E-state index contributed by atoms with van der Waals surface area (Å²) in [5.41, 5.74) is 6.88. The van der Waals surface area contributed by atoms with Crippen LogP contribution in [0.2, 0.25) is 0 Å². The van der Waals surface area contributed by atoms with Gasteiger partial charge in [-0.25, -0.2) is 14.2 Å². The van der Waals surface area contributed by atoms with Crippen molar-refractivity contribution in [3.05, 3.63) is 87.0 Å². The highest BCUT2D eigenvalue weighted by atomic mass is 16.4. The van der Waals surface area contributed by atoms with Crippen molar-refractivity contribution in [2.24, 2.45) is 0 Å². The average Bonchev–Trinajstić information content (AvgIpc) is 3.16. The fourth-order valence-electron chi connectivity index (χ4n) is 2.86. The molecule has 0 aliphatic rings. The van der Waals surface area contributed by atoms with Gasteiger partial charge in [0, 0.05) is 6.20 Å². The Bertz CT molecular complexity index is 1230. The van der Waals surface area contributed by atoms with Crippen molar-refractivity contribution in [3.8, 4) is 0 Å². The lowest BCUT2D eigenvalue weighted by Gasteiger charge is -2.07. The van der Waals surface area contributed by atoms with Gasteiger partial charge in [0.1, 0.15) is 11.2 Å². The SMILES string of the molecule is Nc1cccc2c1oc(=O)n2C(=O)c1c[nH]c(=O)n1Cc1ccccc1. The first kappa shape index (κ1) is 15.7. The highest BCUT2D eigenvalue weighted by Gasteiger charge is 2.22. The predicted octanol–water partition coefficient (Wildman–Crippen LogP) is 1.40. The zero-order chi connectivity index (χ0) is 18.3. The van der Waals surface area contributed by atoms with Crippen LogP contribution in [0.4, 0.5) is 5.69 Å². The van der Waals surface area contributed by atoms with Crippen LogP contribution in [0.15, 0.2) is 68.7 Å². The Labute approximate surface area is 146 Å². The molecule has 2 aromatic carbocycles. The Balaban J connectivity index is 1.84. The largest absolute Gasteiger partial charge is 0.427 e. The van der Waals surface area contributed by atoms with E-state index in [2.05, 4.69) is 4.98 Å². The van der Waals surface area contributed by atoms with E-state index < -0.39 is 17.4 Å². The standard InChI is InChI=1S/C18H14N4O4/c19-12-7-4-8-13-15(12)26-18(25)22(13)16(23)14-9-20-17(24)21(14)10-11-5-2-1-3-6-11/h1-9H,10,19H2,(H,20,24). The number of nitrogens with one attached hydrogen (secondary N) is 1. The van der Waals surface area contributed by atoms with E-state index in [0.29, 0.717) is 0 Å². The molecule has 0 bridgehead atoms. The summed E-state index contributed by atoms with van der Waals surface area (Å²) in [6.45, 7) is 0.191. The van der Waals surface area contributed by atoms with E-state index in [1.807, 2.05) is 30.3 Å². The number of hydrogen-bond acceptors (Lipinski definition) is 5. The van der Waals surface area contributed by atoms with E-state index in [4.69, 9.17) is 10.2 Å². The molecule has 0 radical (unpaired) electrons. The lowest BCUT2D eigenvalue weighted by Crippen LogP contribution is -2.28. The number of aromatic nitrogens is 3. The normalized spacial score (nSPS) is 11.1. The Hall–Kier alpha value is -3.81. The summed E-state index contributed by atoms with van der Waals surface area (Å²) >= 11 is 0. The monoisotopic (exact) mass is 350 g/mol. The van der Waals surface area contributed by atoms with Crippen molar-refractivity contribution in [1.82, 2.24) is 14.1 Å². The lowest BCUT2D eigenvalue weighted by atomic mass is 10.2. The van der Waals surface area contributed by atoms with Crippen molar-refractivity contribution in [2.45, 2.75) is 6.54 Å². The summed E-state index contributed by atoms with van der Waals surface area (Å²) in [6, 6.07) is 14.0. The van der Waals surface area contributed by atoms with Crippen molar-refractivity contribution < 1.29 is 9.21 Å². The van der Waals surface area contributed by atoms with Gasteiger partial charge in [0.15, 0.2) is 5.58 Å². The molecule has 0 spiro atoms. The summed E-state index contributed by atoms with van der Waals surface area (Å²) < 4.78 is 7.25. The highest BCUT2D eigenvalue weighted by Crippen LogP contribution is 2.20. The summed E-state index contributed by atoms with van der Waals surface area (Å²) in [4.78, 5) is 39.8. The van der Waals surface area contributed by atoms with Gasteiger partial charge < -0.3 is 15.1 Å². The van der Waals surface area contributed by atoms with Crippen molar-refractivity contribution in [3.63, 3.8) is 0 Å². The molecule has 26 heavy (non-hydrogen) atoms. The molecule has 0 aliphatic carbocycles. The van der Waals surface area contributed by atoms with Crippen LogP contribution in [0.5, 0.6) is 0 Å². The zero-order valence-electron chi connectivity index (χ0n) is 13.5. The van der Waals surface area contributed by atoms with E-state index in [1.165, 1.54) is 10.8 Å². The Morgan fingerprint density at radius 1 is 1.08 bits per heavy atom. The number of rotatable bonds is 3. The maximum absolute atomic E-state index is 13.0. The van der Waals surface area contributed by atoms with Gasteiger partial charge in [0.2, 0.25) is 0 Å². The fourth-order valence-corrected chi connectivity index (χ4v) is 2.86. The number of fused-ring (bicyclic) bond motifs is 1. The smallest absolute Gasteiger partial charge is 0.405 e. The molecular formula is C18H14N4O4. The van der Waals surface area contributed by atoms with Gasteiger partial charge in [-0.3, -0.25) is 9.36 Å². The molecule has 0 saturated carbocycles. The molecule has 0 atom stereocenters. The minimum absolute atomic E-state index is 0.0473. The average molecular weight is 350 g/mol. The maximum atomic E-state index is 13.0. The molecule has 0 amide bonds. The number of nitrogens with zero attached hydrogens (tertiary/aromatic N) is 2. The number of hydrogen-bond donors (Lipinski definition) is 2. The number of aromatic amines is 1. The number of nitrogens with two attached hydrogens (primary N) is 1. The number of benzene rings is 2. The minimum atomic E-state index is -0.859. The molecule has 130 valence electrons. The van der Waals surface area contributed by atoms with Crippen LogP contribution >= 0.6 is 0 Å². The number of imidazole rings is 1. The summed E-state index contributed by atoms with van der Waals surface area (Å²) in [5.74, 6) is -1.53. The van der Waals surface area contributed by atoms with Gasteiger partial charge >= 0.3 is 11.4 Å². The number of nitrogen functional groups attached to an aromatic ring is 1. The molecule has 3 N–H and O–H groups in total. The predicted molar refractivity (Wildman–Crippen MR) is 95.2 cm³/mol. The van der Waals surface area contributed by atoms with Crippen molar-refractivity contribution in [1.29, 1.82) is 0 Å². The Morgan fingerprint density at radius 2 is 1.85 bits per heavy atom. The summed E-state index contributed by atoms with van der Waals surface area (Å²) in [5, 5.41) is 0. The third-order valence-corrected chi connectivity index (χ3v) is 4.11. The quantitative estimate of drug-likeness (QED) is 0.542. The molecule has 0 unspecified atom stereocenters. The number of oxazole rings is 1. The van der Waals surface area contributed by atoms with Gasteiger partial charge in [-0.1, -0.05) is 36.4 Å². The van der Waals surface area contributed by atoms with E-state index in [0.717, 1.165) is 10.1 Å². The van der Waals surface area contributed by atoms with Gasteiger partial charge in [-0.15, -0.1) is 0 Å². The number of para-hydroxylation sites is 1. The van der Waals surface area contributed by atoms with Crippen LogP contribution in [0.25, 0.3) is 11.1 Å². The first-order valence-corrected chi connectivity index (χ1v) is 7.83. The topological polar surface area (TPSA) is 116 Å². The van der Waals surface area contributed by atoms with E-state index in [1.54, 1.807) is 18.2 Å². The second kappa shape index (κ2) is 5.92. The van der Waals surface area contributed by atoms with E-state index in [9.17, 15) is 14.4 Å². The third-order valence-electron chi connectivity index (χ3n) is 4.11. The zero-order valence-corrected chi connectivity index (χ0v) is 13.5. The molecule has 8 heteroatoms. The second-order valence-corrected chi connectivity index (χ2v) is 5.75. The van der Waals surface area contributed by atoms with E-state index in [-0.39, 0.29) is 29.0 Å². The molecule has 2 heterocycles. The first-order chi connectivity index (χ1) is 12.6. The van der Waals surface area contributed by atoms with Gasteiger partial charge in [-0.05, 0) is 17.7 Å². The molecule has 4 aromatic rings.